The van der Waals surface area contributed by atoms with E-state index in [4.69, 9.17) is 5.11 Å². The number of rotatable bonds is 7. The van der Waals surface area contributed by atoms with Crippen LogP contribution in [-0.2, 0) is 4.79 Å². The van der Waals surface area contributed by atoms with Crippen molar-refractivity contribution in [3.8, 4) is 0 Å². The van der Waals surface area contributed by atoms with Gasteiger partial charge in [0.2, 0.25) is 5.91 Å². The summed E-state index contributed by atoms with van der Waals surface area (Å²) in [4.78, 5) is 14.2. The second kappa shape index (κ2) is 8.48. The molecule has 1 saturated heterocycles. The Morgan fingerprint density at radius 3 is 2.65 bits per heavy atom. The predicted octanol–water partition coefficient (Wildman–Crippen LogP) is 1.14. The van der Waals surface area contributed by atoms with Crippen LogP contribution in [0.5, 0.6) is 0 Å². The average molecular weight is 242 g/mol. The standard InChI is InChI=1S/C13H26N2O2/c1-2-10-15(12-6-8-14-9-7-12)13(17)5-3-4-11-16/h12,14,16H,2-11H2,1H3. The molecule has 1 amide bonds. The van der Waals surface area contributed by atoms with Gasteiger partial charge in [0.15, 0.2) is 0 Å². The summed E-state index contributed by atoms with van der Waals surface area (Å²) in [6.45, 7) is 5.23. The first-order valence-electron chi connectivity index (χ1n) is 6.90. The largest absolute Gasteiger partial charge is 0.396 e. The zero-order valence-electron chi connectivity index (χ0n) is 11.0. The number of unbranched alkanes of at least 4 members (excludes halogenated alkanes) is 1. The van der Waals surface area contributed by atoms with Crippen LogP contribution >= 0.6 is 0 Å². The number of nitrogens with one attached hydrogen (secondary N) is 1. The van der Waals surface area contributed by atoms with E-state index in [2.05, 4.69) is 17.1 Å². The quantitative estimate of drug-likeness (QED) is 0.658. The number of carbonyl (C=O) groups excluding carboxylic acids is 1. The molecule has 0 saturated carbocycles. The Kier molecular flexibility index (Phi) is 7.21. The van der Waals surface area contributed by atoms with Crippen LogP contribution in [-0.4, -0.2) is 48.2 Å². The zero-order chi connectivity index (χ0) is 12.5. The summed E-state index contributed by atoms with van der Waals surface area (Å²) in [6, 6.07) is 0.429. The van der Waals surface area contributed by atoms with Crippen molar-refractivity contribution >= 4 is 5.91 Å². The molecule has 0 spiro atoms. The molecule has 1 heterocycles. The molecule has 0 unspecified atom stereocenters. The summed E-state index contributed by atoms with van der Waals surface area (Å²) in [5.41, 5.74) is 0. The minimum Gasteiger partial charge on any atom is -0.396 e. The molecule has 17 heavy (non-hydrogen) atoms. The van der Waals surface area contributed by atoms with E-state index >= 15 is 0 Å². The fourth-order valence-corrected chi connectivity index (χ4v) is 2.40. The molecular formula is C13H26N2O2. The maximum atomic E-state index is 12.1. The van der Waals surface area contributed by atoms with Crippen LogP contribution < -0.4 is 5.32 Å². The van der Waals surface area contributed by atoms with Crippen LogP contribution in [0.15, 0.2) is 0 Å². The lowest BCUT2D eigenvalue weighted by Crippen LogP contribution is -2.46. The van der Waals surface area contributed by atoms with Crippen LogP contribution in [0.4, 0.5) is 0 Å². The number of aliphatic hydroxyl groups is 1. The molecule has 1 rings (SSSR count). The number of nitrogens with zero attached hydrogens (tertiary/aromatic N) is 1. The summed E-state index contributed by atoms with van der Waals surface area (Å²) >= 11 is 0. The molecule has 1 fully saturated rings. The van der Waals surface area contributed by atoms with Crippen LogP contribution in [0, 0.1) is 0 Å². The van der Waals surface area contributed by atoms with E-state index in [0.29, 0.717) is 12.5 Å². The Labute approximate surface area is 104 Å². The van der Waals surface area contributed by atoms with Crippen LogP contribution in [0.25, 0.3) is 0 Å². The minimum atomic E-state index is 0.189. The molecule has 0 aromatic heterocycles. The van der Waals surface area contributed by atoms with Gasteiger partial charge in [-0.1, -0.05) is 6.92 Å². The number of hydrogen-bond acceptors (Lipinski definition) is 3. The first-order chi connectivity index (χ1) is 8.29. The van der Waals surface area contributed by atoms with Gasteiger partial charge >= 0.3 is 0 Å². The van der Waals surface area contributed by atoms with Gasteiger partial charge in [0.25, 0.3) is 0 Å². The number of piperidine rings is 1. The molecule has 4 nitrogen and oxygen atoms in total. The second-order valence-corrected chi connectivity index (χ2v) is 4.75. The van der Waals surface area contributed by atoms with Crippen molar-refractivity contribution < 1.29 is 9.90 Å². The fraction of sp³-hybridized carbons (Fsp3) is 0.923. The third-order valence-corrected chi connectivity index (χ3v) is 3.33. The van der Waals surface area contributed by atoms with Gasteiger partial charge < -0.3 is 15.3 Å². The second-order valence-electron chi connectivity index (χ2n) is 4.75. The van der Waals surface area contributed by atoms with Crippen LogP contribution in [0.1, 0.15) is 45.4 Å². The molecule has 1 aliphatic heterocycles. The maximum absolute atomic E-state index is 12.1. The lowest BCUT2D eigenvalue weighted by Gasteiger charge is -2.34. The van der Waals surface area contributed by atoms with E-state index in [1.165, 1.54) is 0 Å². The van der Waals surface area contributed by atoms with Crippen LogP contribution in [0.2, 0.25) is 0 Å². The van der Waals surface area contributed by atoms with Gasteiger partial charge in [-0.15, -0.1) is 0 Å². The van der Waals surface area contributed by atoms with Gasteiger partial charge in [0.05, 0.1) is 0 Å². The highest BCUT2D eigenvalue weighted by Crippen LogP contribution is 2.14. The smallest absolute Gasteiger partial charge is 0.222 e. The topological polar surface area (TPSA) is 52.6 Å². The SMILES string of the molecule is CCCN(C(=O)CCCCO)C1CCNCC1. The molecule has 100 valence electrons. The number of carbonyl (C=O) groups is 1. The van der Waals surface area contributed by atoms with Crippen molar-refractivity contribution in [2.24, 2.45) is 0 Å². The molecule has 0 aromatic carbocycles. The van der Waals surface area contributed by atoms with E-state index < -0.39 is 0 Å². The highest BCUT2D eigenvalue weighted by molar-refractivity contribution is 5.76. The summed E-state index contributed by atoms with van der Waals surface area (Å²) < 4.78 is 0. The van der Waals surface area contributed by atoms with E-state index in [9.17, 15) is 4.79 Å². The third-order valence-electron chi connectivity index (χ3n) is 3.33. The molecule has 0 atom stereocenters. The molecule has 4 heteroatoms. The molecule has 0 radical (unpaired) electrons. The Balaban J connectivity index is 2.42. The Hall–Kier alpha value is -0.610. The number of aliphatic hydroxyl groups excluding tert-OH is 1. The Bertz CT molecular complexity index is 215. The van der Waals surface area contributed by atoms with Crippen molar-refractivity contribution in [1.82, 2.24) is 10.2 Å². The zero-order valence-corrected chi connectivity index (χ0v) is 11.0. The molecule has 2 N–H and O–H groups in total. The van der Waals surface area contributed by atoms with Crippen molar-refractivity contribution in [1.29, 1.82) is 0 Å². The highest BCUT2D eigenvalue weighted by atomic mass is 16.3. The average Bonchev–Trinajstić information content (AvgIpc) is 2.37. The Morgan fingerprint density at radius 1 is 1.35 bits per heavy atom. The first kappa shape index (κ1) is 14.5. The van der Waals surface area contributed by atoms with Crippen LogP contribution in [0.3, 0.4) is 0 Å². The van der Waals surface area contributed by atoms with Gasteiger partial charge in [0.1, 0.15) is 0 Å². The maximum Gasteiger partial charge on any atom is 0.222 e. The predicted molar refractivity (Wildman–Crippen MR) is 68.8 cm³/mol. The summed E-state index contributed by atoms with van der Waals surface area (Å²) in [5.74, 6) is 0.271. The van der Waals surface area contributed by atoms with E-state index in [0.717, 1.165) is 51.7 Å². The summed E-state index contributed by atoms with van der Waals surface area (Å²) in [5, 5.41) is 12.1. The lowest BCUT2D eigenvalue weighted by atomic mass is 10.0. The number of amides is 1. The molecule has 0 aliphatic carbocycles. The van der Waals surface area contributed by atoms with Gasteiger partial charge in [-0.2, -0.15) is 0 Å². The van der Waals surface area contributed by atoms with Gasteiger partial charge in [-0.05, 0) is 45.2 Å². The normalized spacial score (nSPS) is 17.1. The van der Waals surface area contributed by atoms with Crippen molar-refractivity contribution in [2.75, 3.05) is 26.2 Å². The van der Waals surface area contributed by atoms with Crippen molar-refractivity contribution in [3.05, 3.63) is 0 Å². The van der Waals surface area contributed by atoms with Crippen molar-refractivity contribution in [2.45, 2.75) is 51.5 Å². The molecular weight excluding hydrogens is 216 g/mol. The van der Waals surface area contributed by atoms with Gasteiger partial charge in [-0.3, -0.25) is 4.79 Å². The van der Waals surface area contributed by atoms with E-state index in [1.807, 2.05) is 0 Å². The first-order valence-corrected chi connectivity index (χ1v) is 6.90. The minimum absolute atomic E-state index is 0.189. The molecule has 0 bridgehead atoms. The lowest BCUT2D eigenvalue weighted by molar-refractivity contribution is -0.134. The van der Waals surface area contributed by atoms with Crippen molar-refractivity contribution in [3.63, 3.8) is 0 Å². The fourth-order valence-electron chi connectivity index (χ4n) is 2.40. The van der Waals surface area contributed by atoms with E-state index in [-0.39, 0.29) is 12.5 Å². The van der Waals surface area contributed by atoms with Gasteiger partial charge in [0, 0.05) is 25.6 Å². The summed E-state index contributed by atoms with van der Waals surface area (Å²) in [6.07, 6.45) is 5.30. The molecule has 1 aliphatic rings. The monoisotopic (exact) mass is 242 g/mol. The van der Waals surface area contributed by atoms with E-state index in [1.54, 1.807) is 0 Å². The third kappa shape index (κ3) is 5.04. The summed E-state index contributed by atoms with van der Waals surface area (Å²) in [7, 11) is 0. The number of hydrogen-bond donors (Lipinski definition) is 2. The Morgan fingerprint density at radius 2 is 2.06 bits per heavy atom. The van der Waals surface area contributed by atoms with Gasteiger partial charge in [-0.25, -0.2) is 0 Å². The highest BCUT2D eigenvalue weighted by Gasteiger charge is 2.23. The molecule has 0 aromatic rings.